The van der Waals surface area contributed by atoms with Crippen LogP contribution in [0.15, 0.2) is 55.1 Å². The molecule has 3 aromatic rings. The van der Waals surface area contributed by atoms with Gasteiger partial charge < -0.3 is 10.2 Å². The third kappa shape index (κ3) is 4.41. The van der Waals surface area contributed by atoms with E-state index in [0.29, 0.717) is 30.4 Å². The van der Waals surface area contributed by atoms with Crippen molar-refractivity contribution in [2.45, 2.75) is 0 Å². The maximum atomic E-state index is 12.2. The molecule has 1 fully saturated rings. The molecule has 144 valence electrons. The van der Waals surface area contributed by atoms with E-state index in [-0.39, 0.29) is 18.3 Å². The van der Waals surface area contributed by atoms with Crippen LogP contribution in [0.3, 0.4) is 0 Å². The lowest BCUT2D eigenvalue weighted by atomic mass is 10.2. The smallest absolute Gasteiger partial charge is 0.241 e. The zero-order valence-corrected chi connectivity index (χ0v) is 16.1. The molecule has 0 bridgehead atoms. The fraction of sp³-hybridized carbons (Fsp3) is 0.211. The number of hydrogen-bond donors (Lipinski definition) is 1. The number of likely N-dealkylation sites (N-methyl/N-ethyl adjacent to an activating group) is 1. The number of carbonyl (C=O) groups is 1. The number of carbonyl (C=O) groups excluding carboxylic acids is 1. The summed E-state index contributed by atoms with van der Waals surface area (Å²) in [5, 5.41) is 3.14. The number of nitrogens with zero attached hydrogens (tertiary/aromatic N) is 6. The molecule has 4 heterocycles. The monoisotopic (exact) mass is 397 g/mol. The van der Waals surface area contributed by atoms with Crippen molar-refractivity contribution >= 4 is 35.6 Å². The highest BCUT2D eigenvalue weighted by Crippen LogP contribution is 2.20. The third-order valence-corrected chi connectivity index (χ3v) is 4.29. The van der Waals surface area contributed by atoms with Crippen molar-refractivity contribution in [2.24, 2.45) is 0 Å². The molecule has 0 unspecified atom stereocenters. The van der Waals surface area contributed by atoms with E-state index >= 15 is 0 Å². The minimum absolute atomic E-state index is 0. The highest BCUT2D eigenvalue weighted by Gasteiger charge is 2.22. The zero-order chi connectivity index (χ0) is 18.6. The summed E-state index contributed by atoms with van der Waals surface area (Å²) in [6, 6.07) is 9.36. The fourth-order valence-electron chi connectivity index (χ4n) is 2.88. The molecule has 0 atom stereocenters. The van der Waals surface area contributed by atoms with Crippen LogP contribution in [0.1, 0.15) is 0 Å². The van der Waals surface area contributed by atoms with E-state index in [0.717, 1.165) is 17.9 Å². The van der Waals surface area contributed by atoms with Gasteiger partial charge in [-0.05, 0) is 31.3 Å². The van der Waals surface area contributed by atoms with Crippen molar-refractivity contribution in [3.63, 3.8) is 0 Å². The third-order valence-electron chi connectivity index (χ3n) is 4.29. The summed E-state index contributed by atoms with van der Waals surface area (Å²) in [6.45, 7) is 1.94. The van der Waals surface area contributed by atoms with E-state index in [1.807, 2.05) is 42.3 Å². The Morgan fingerprint density at radius 3 is 2.57 bits per heavy atom. The first-order valence-corrected chi connectivity index (χ1v) is 8.64. The number of nitrogens with one attached hydrogen (secondary N) is 1. The minimum Gasteiger partial charge on any atom is -0.324 e. The molecule has 28 heavy (non-hydrogen) atoms. The van der Waals surface area contributed by atoms with Crippen molar-refractivity contribution in [1.29, 1.82) is 0 Å². The van der Waals surface area contributed by atoms with Gasteiger partial charge in [-0.2, -0.15) is 0 Å². The molecule has 9 heteroatoms. The number of amides is 1. The first-order chi connectivity index (χ1) is 13.2. The molecule has 1 amide bonds. The summed E-state index contributed by atoms with van der Waals surface area (Å²) in [6.07, 6.45) is 6.72. The number of rotatable bonds is 4. The Balaban J connectivity index is 0.00000225. The summed E-state index contributed by atoms with van der Waals surface area (Å²) in [7, 11) is 1.95. The molecule has 0 aliphatic carbocycles. The zero-order valence-electron chi connectivity index (χ0n) is 15.3. The van der Waals surface area contributed by atoms with Crippen LogP contribution >= 0.6 is 12.4 Å². The van der Waals surface area contributed by atoms with Crippen LogP contribution < -0.4 is 10.2 Å². The largest absolute Gasteiger partial charge is 0.324 e. The summed E-state index contributed by atoms with van der Waals surface area (Å²) >= 11 is 0. The van der Waals surface area contributed by atoms with Crippen molar-refractivity contribution < 1.29 is 4.79 Å². The van der Waals surface area contributed by atoms with Gasteiger partial charge >= 0.3 is 0 Å². The molecule has 1 aliphatic rings. The van der Waals surface area contributed by atoms with Crippen LogP contribution in [0.5, 0.6) is 0 Å². The highest BCUT2D eigenvalue weighted by atomic mass is 35.5. The Morgan fingerprint density at radius 1 is 0.964 bits per heavy atom. The van der Waals surface area contributed by atoms with Crippen LogP contribution in [0, 0.1) is 0 Å². The van der Waals surface area contributed by atoms with E-state index in [4.69, 9.17) is 0 Å². The number of anilines is 3. The first-order valence-electron chi connectivity index (χ1n) is 8.64. The lowest BCUT2D eigenvalue weighted by Crippen LogP contribution is -2.48. The Labute approximate surface area is 169 Å². The van der Waals surface area contributed by atoms with Crippen LogP contribution in [-0.4, -0.2) is 57.4 Å². The predicted octanol–water partition coefficient (Wildman–Crippen LogP) is 2.38. The number of piperazine rings is 1. The predicted molar refractivity (Wildman–Crippen MR) is 110 cm³/mol. The normalized spacial score (nSPS) is 14.5. The first kappa shape index (κ1) is 19.7. The summed E-state index contributed by atoms with van der Waals surface area (Å²) in [5.74, 6) is 1.29. The molecule has 3 aromatic heterocycles. The number of pyridine rings is 2. The molecule has 4 rings (SSSR count). The standard InChI is InChI=1S/C19H19N7O.ClH/c1-25-8-9-26(19(27)13-25)14-5-6-17(22-10-14)24-18-12-20-11-16(23-18)15-4-2-3-7-21-15;/h2-7,10-12H,8-9,13H2,1H3,(H,22,23,24);1H. The van der Waals surface area contributed by atoms with Crippen molar-refractivity contribution in [2.75, 3.05) is 36.9 Å². The minimum atomic E-state index is 0. The number of hydrogen-bond acceptors (Lipinski definition) is 7. The van der Waals surface area contributed by atoms with Gasteiger partial charge in [0.05, 0.1) is 36.5 Å². The van der Waals surface area contributed by atoms with Crippen molar-refractivity contribution in [3.05, 3.63) is 55.1 Å². The Hall–Kier alpha value is -3.10. The summed E-state index contributed by atoms with van der Waals surface area (Å²) < 4.78 is 0. The van der Waals surface area contributed by atoms with Crippen molar-refractivity contribution in [1.82, 2.24) is 24.8 Å². The van der Waals surface area contributed by atoms with E-state index in [2.05, 4.69) is 25.3 Å². The van der Waals surface area contributed by atoms with Crippen LogP contribution in [0.2, 0.25) is 0 Å². The van der Waals surface area contributed by atoms with E-state index in [1.54, 1.807) is 29.7 Å². The van der Waals surface area contributed by atoms with Gasteiger partial charge in [0.15, 0.2) is 5.82 Å². The summed E-state index contributed by atoms with van der Waals surface area (Å²) in [5.41, 5.74) is 2.23. The lowest BCUT2D eigenvalue weighted by Gasteiger charge is -2.31. The molecule has 8 nitrogen and oxygen atoms in total. The van der Waals surface area contributed by atoms with Crippen molar-refractivity contribution in [3.8, 4) is 11.4 Å². The fourth-order valence-corrected chi connectivity index (χ4v) is 2.88. The SMILES string of the molecule is CN1CCN(c2ccc(Nc3cncc(-c4ccccn4)n3)nc2)C(=O)C1.Cl. The molecule has 0 radical (unpaired) electrons. The van der Waals surface area contributed by atoms with Gasteiger partial charge in [0, 0.05) is 19.3 Å². The van der Waals surface area contributed by atoms with Gasteiger partial charge in [0.25, 0.3) is 0 Å². The maximum Gasteiger partial charge on any atom is 0.241 e. The molecule has 1 saturated heterocycles. The van der Waals surface area contributed by atoms with Gasteiger partial charge in [0.2, 0.25) is 5.91 Å². The molecule has 0 aromatic carbocycles. The van der Waals surface area contributed by atoms with Gasteiger partial charge in [-0.3, -0.25) is 19.7 Å². The molecule has 0 spiro atoms. The number of halogens is 1. The topological polar surface area (TPSA) is 87.1 Å². The van der Waals surface area contributed by atoms with Gasteiger partial charge in [-0.25, -0.2) is 9.97 Å². The van der Waals surface area contributed by atoms with E-state index in [9.17, 15) is 4.79 Å². The summed E-state index contributed by atoms with van der Waals surface area (Å²) in [4.78, 5) is 33.4. The molecule has 0 saturated carbocycles. The van der Waals surface area contributed by atoms with Crippen LogP contribution in [-0.2, 0) is 4.79 Å². The van der Waals surface area contributed by atoms with Gasteiger partial charge in [-0.1, -0.05) is 6.07 Å². The number of aromatic nitrogens is 4. The maximum absolute atomic E-state index is 12.2. The Kier molecular flexibility index (Phi) is 6.13. The van der Waals surface area contributed by atoms with E-state index in [1.165, 1.54) is 0 Å². The second-order valence-electron chi connectivity index (χ2n) is 6.31. The van der Waals surface area contributed by atoms with Crippen LogP contribution in [0.4, 0.5) is 17.3 Å². The molecule has 1 aliphatic heterocycles. The lowest BCUT2D eigenvalue weighted by molar-refractivity contribution is -0.120. The van der Waals surface area contributed by atoms with Gasteiger partial charge in [-0.15, -0.1) is 12.4 Å². The average molecular weight is 398 g/mol. The van der Waals surface area contributed by atoms with Gasteiger partial charge in [0.1, 0.15) is 11.5 Å². The van der Waals surface area contributed by atoms with Crippen LogP contribution in [0.25, 0.3) is 11.4 Å². The quantitative estimate of drug-likeness (QED) is 0.723. The molecular weight excluding hydrogens is 378 g/mol. The average Bonchev–Trinajstić information content (AvgIpc) is 2.70. The molecule has 1 N–H and O–H groups in total. The highest BCUT2D eigenvalue weighted by molar-refractivity contribution is 5.95. The second kappa shape index (κ2) is 8.73. The molecular formula is C19H20ClN7O. The second-order valence-corrected chi connectivity index (χ2v) is 6.31. The van der Waals surface area contributed by atoms with E-state index < -0.39 is 0 Å². The Bertz CT molecular complexity index is 937. The Morgan fingerprint density at radius 2 is 1.86 bits per heavy atom.